The van der Waals surface area contributed by atoms with Crippen molar-refractivity contribution in [3.63, 3.8) is 0 Å². The number of fused-ring (bicyclic) bond motifs is 1. The summed E-state index contributed by atoms with van der Waals surface area (Å²) in [6.45, 7) is 2.11. The lowest BCUT2D eigenvalue weighted by atomic mass is 9.92. The first-order chi connectivity index (χ1) is 10.5. The SMILES string of the molecule is Cc1cc(Br)oc1C(=O)N1CCc2ccccc2C1C(=O)O. The first-order valence-electron chi connectivity index (χ1n) is 6.86. The summed E-state index contributed by atoms with van der Waals surface area (Å²) in [5.74, 6) is -1.26. The van der Waals surface area contributed by atoms with Crippen molar-refractivity contribution in [2.45, 2.75) is 19.4 Å². The predicted molar refractivity (Wildman–Crippen MR) is 82.7 cm³/mol. The summed E-state index contributed by atoms with van der Waals surface area (Å²) in [6, 6.07) is 8.04. The van der Waals surface area contributed by atoms with Crippen molar-refractivity contribution in [1.29, 1.82) is 0 Å². The number of benzene rings is 1. The Kier molecular flexibility index (Phi) is 3.78. The van der Waals surface area contributed by atoms with Gasteiger partial charge >= 0.3 is 5.97 Å². The smallest absolute Gasteiger partial charge is 0.331 e. The van der Waals surface area contributed by atoms with Gasteiger partial charge in [0, 0.05) is 12.1 Å². The molecule has 6 heteroatoms. The lowest BCUT2D eigenvalue weighted by Gasteiger charge is -2.34. The third-order valence-corrected chi connectivity index (χ3v) is 4.25. The van der Waals surface area contributed by atoms with Crippen LogP contribution >= 0.6 is 15.9 Å². The minimum absolute atomic E-state index is 0.178. The van der Waals surface area contributed by atoms with E-state index < -0.39 is 17.9 Å². The molecule has 0 radical (unpaired) electrons. The summed E-state index contributed by atoms with van der Waals surface area (Å²) in [4.78, 5) is 25.8. The van der Waals surface area contributed by atoms with Crippen molar-refractivity contribution < 1.29 is 19.1 Å². The highest BCUT2D eigenvalue weighted by Crippen LogP contribution is 2.32. The quantitative estimate of drug-likeness (QED) is 0.889. The Labute approximate surface area is 135 Å². The summed E-state index contributed by atoms with van der Waals surface area (Å²) in [6.07, 6.45) is 0.632. The lowest BCUT2D eigenvalue weighted by Crippen LogP contribution is -2.43. The molecule has 2 heterocycles. The van der Waals surface area contributed by atoms with Crippen LogP contribution in [-0.2, 0) is 11.2 Å². The van der Waals surface area contributed by atoms with Gasteiger partial charge in [-0.2, -0.15) is 0 Å². The number of furan rings is 1. The van der Waals surface area contributed by atoms with E-state index in [1.165, 1.54) is 4.90 Å². The zero-order valence-electron chi connectivity index (χ0n) is 11.9. The molecular formula is C16H14BrNO4. The standard InChI is InChI=1S/C16H14BrNO4/c1-9-8-12(17)22-14(9)15(19)18-7-6-10-4-2-3-5-11(10)13(18)16(20)21/h2-5,8,13H,6-7H2,1H3,(H,20,21). The van der Waals surface area contributed by atoms with Crippen LogP contribution in [0.5, 0.6) is 0 Å². The van der Waals surface area contributed by atoms with Gasteiger partial charge in [0.2, 0.25) is 0 Å². The van der Waals surface area contributed by atoms with E-state index in [4.69, 9.17) is 4.42 Å². The summed E-state index contributed by atoms with van der Waals surface area (Å²) < 4.78 is 5.83. The molecule has 114 valence electrons. The number of carbonyl (C=O) groups excluding carboxylic acids is 1. The lowest BCUT2D eigenvalue weighted by molar-refractivity contribution is -0.143. The van der Waals surface area contributed by atoms with Crippen LogP contribution in [0.25, 0.3) is 0 Å². The fraction of sp³-hybridized carbons (Fsp3) is 0.250. The maximum atomic E-state index is 12.7. The molecule has 1 amide bonds. The monoisotopic (exact) mass is 363 g/mol. The van der Waals surface area contributed by atoms with E-state index in [9.17, 15) is 14.7 Å². The van der Waals surface area contributed by atoms with Crippen LogP contribution in [0.1, 0.15) is 33.3 Å². The van der Waals surface area contributed by atoms with E-state index in [-0.39, 0.29) is 5.76 Å². The van der Waals surface area contributed by atoms with Gasteiger partial charge in [-0.05, 0) is 46.5 Å². The molecule has 0 spiro atoms. The van der Waals surface area contributed by atoms with Gasteiger partial charge in [-0.15, -0.1) is 0 Å². The molecule has 5 nitrogen and oxygen atoms in total. The van der Waals surface area contributed by atoms with Crippen LogP contribution in [-0.4, -0.2) is 28.4 Å². The molecule has 0 bridgehead atoms. The third kappa shape index (κ3) is 2.43. The Morgan fingerprint density at radius 2 is 2.09 bits per heavy atom. The van der Waals surface area contributed by atoms with Crippen LogP contribution in [0.3, 0.4) is 0 Å². The molecule has 0 saturated heterocycles. The van der Waals surface area contributed by atoms with Gasteiger partial charge in [0.15, 0.2) is 16.5 Å². The highest BCUT2D eigenvalue weighted by atomic mass is 79.9. The van der Waals surface area contributed by atoms with E-state index in [0.29, 0.717) is 28.8 Å². The Hall–Kier alpha value is -2.08. The van der Waals surface area contributed by atoms with Crippen molar-refractivity contribution in [3.05, 3.63) is 57.5 Å². The zero-order valence-corrected chi connectivity index (χ0v) is 13.5. The molecule has 1 unspecified atom stereocenters. The molecule has 1 N–H and O–H groups in total. The van der Waals surface area contributed by atoms with E-state index >= 15 is 0 Å². The van der Waals surface area contributed by atoms with Gasteiger partial charge in [0.05, 0.1) is 0 Å². The first kappa shape index (κ1) is 14.8. The number of aryl methyl sites for hydroxylation is 1. The van der Waals surface area contributed by atoms with E-state index in [2.05, 4.69) is 15.9 Å². The second-order valence-electron chi connectivity index (χ2n) is 5.25. The molecule has 2 aromatic rings. The minimum Gasteiger partial charge on any atom is -0.479 e. The summed E-state index contributed by atoms with van der Waals surface area (Å²) in [5, 5.41) is 9.59. The topological polar surface area (TPSA) is 70.8 Å². The van der Waals surface area contributed by atoms with Crippen molar-refractivity contribution in [1.82, 2.24) is 4.90 Å². The normalized spacial score (nSPS) is 17.2. The van der Waals surface area contributed by atoms with E-state index in [1.807, 2.05) is 12.1 Å². The molecular weight excluding hydrogens is 350 g/mol. The van der Waals surface area contributed by atoms with Crippen LogP contribution in [0, 0.1) is 6.92 Å². The van der Waals surface area contributed by atoms with E-state index in [1.54, 1.807) is 25.1 Å². The average Bonchev–Trinajstić information content (AvgIpc) is 2.83. The number of amides is 1. The molecule has 22 heavy (non-hydrogen) atoms. The van der Waals surface area contributed by atoms with Crippen molar-refractivity contribution >= 4 is 27.8 Å². The molecule has 1 aliphatic heterocycles. The molecule has 1 aromatic heterocycles. The average molecular weight is 364 g/mol. The Bertz CT molecular complexity index is 752. The number of hydrogen-bond donors (Lipinski definition) is 1. The molecule has 1 atom stereocenters. The second-order valence-corrected chi connectivity index (χ2v) is 6.03. The van der Waals surface area contributed by atoms with Crippen LogP contribution in [0.2, 0.25) is 0 Å². The zero-order chi connectivity index (χ0) is 15.9. The molecule has 1 aromatic carbocycles. The molecule has 1 aliphatic rings. The second kappa shape index (κ2) is 5.61. The van der Waals surface area contributed by atoms with Crippen LogP contribution in [0.15, 0.2) is 39.4 Å². The van der Waals surface area contributed by atoms with Gasteiger partial charge in [-0.25, -0.2) is 4.79 Å². The minimum atomic E-state index is -1.04. The predicted octanol–water partition coefficient (Wildman–Crippen LogP) is 3.17. The van der Waals surface area contributed by atoms with Crippen molar-refractivity contribution in [2.75, 3.05) is 6.54 Å². The fourth-order valence-electron chi connectivity index (χ4n) is 2.84. The summed E-state index contributed by atoms with van der Waals surface area (Å²) in [7, 11) is 0. The largest absolute Gasteiger partial charge is 0.479 e. The number of halogens is 1. The Morgan fingerprint density at radius 3 is 2.73 bits per heavy atom. The fourth-order valence-corrected chi connectivity index (χ4v) is 3.34. The van der Waals surface area contributed by atoms with Crippen molar-refractivity contribution in [2.24, 2.45) is 0 Å². The molecule has 0 fully saturated rings. The number of rotatable bonds is 2. The highest BCUT2D eigenvalue weighted by Gasteiger charge is 2.37. The number of aliphatic carboxylic acids is 1. The maximum Gasteiger partial charge on any atom is 0.331 e. The van der Waals surface area contributed by atoms with Crippen LogP contribution in [0.4, 0.5) is 0 Å². The van der Waals surface area contributed by atoms with Crippen molar-refractivity contribution in [3.8, 4) is 0 Å². The Balaban J connectivity index is 2.02. The van der Waals surface area contributed by atoms with E-state index in [0.717, 1.165) is 5.56 Å². The summed E-state index contributed by atoms with van der Waals surface area (Å²) >= 11 is 3.19. The first-order valence-corrected chi connectivity index (χ1v) is 7.66. The summed E-state index contributed by atoms with van der Waals surface area (Å²) in [5.41, 5.74) is 2.31. The van der Waals surface area contributed by atoms with Gasteiger partial charge in [0.1, 0.15) is 0 Å². The number of hydrogen-bond acceptors (Lipinski definition) is 3. The molecule has 0 saturated carbocycles. The van der Waals surface area contributed by atoms with Gasteiger partial charge in [0.25, 0.3) is 5.91 Å². The van der Waals surface area contributed by atoms with Crippen LogP contribution < -0.4 is 0 Å². The number of nitrogens with zero attached hydrogens (tertiary/aromatic N) is 1. The van der Waals surface area contributed by atoms with Gasteiger partial charge in [-0.1, -0.05) is 24.3 Å². The Morgan fingerprint density at radius 1 is 1.36 bits per heavy atom. The number of carbonyl (C=O) groups is 2. The van der Waals surface area contributed by atoms with Gasteiger partial charge in [-0.3, -0.25) is 4.79 Å². The molecule has 3 rings (SSSR count). The third-order valence-electron chi connectivity index (χ3n) is 3.86. The maximum absolute atomic E-state index is 12.7. The number of carboxylic acids is 1. The number of carboxylic acid groups (broad SMARTS) is 1. The highest BCUT2D eigenvalue weighted by molar-refractivity contribution is 9.10. The van der Waals surface area contributed by atoms with Gasteiger partial charge < -0.3 is 14.4 Å². The molecule has 0 aliphatic carbocycles.